The molecule has 4 nitrogen and oxygen atoms in total. The van der Waals surface area contributed by atoms with Crippen LogP contribution in [0.25, 0.3) is 0 Å². The molecule has 1 aromatic heterocycles. The molecular formula is C13H25N3O. The Balaban J connectivity index is 2.53. The summed E-state index contributed by atoms with van der Waals surface area (Å²) in [6, 6.07) is 0. The molecule has 0 aliphatic carbocycles. The largest absolute Gasteiger partial charge is 0.385 e. The molecule has 0 aliphatic heterocycles. The second kappa shape index (κ2) is 6.17. The van der Waals surface area contributed by atoms with Crippen molar-refractivity contribution in [1.82, 2.24) is 15.1 Å². The number of aromatic nitrogens is 2. The number of hydrogen-bond donors (Lipinski definition) is 1. The standard InChI is InChI=1S/C13H25N3O/c1-13(2,3)12-11(10-16(4)15-12)9-14-7-6-8-17-5/h10,14H,6-9H2,1-5H3. The Kier molecular flexibility index (Phi) is 5.15. The third kappa shape index (κ3) is 4.48. The van der Waals surface area contributed by atoms with Gasteiger partial charge in [-0.1, -0.05) is 20.8 Å². The van der Waals surface area contributed by atoms with Crippen molar-refractivity contribution in [2.45, 2.75) is 39.2 Å². The second-order valence-corrected chi connectivity index (χ2v) is 5.45. The van der Waals surface area contributed by atoms with Crippen LogP contribution in [0, 0.1) is 0 Å². The first kappa shape index (κ1) is 14.2. The summed E-state index contributed by atoms with van der Waals surface area (Å²) in [5, 5.41) is 7.98. The Morgan fingerprint density at radius 1 is 1.41 bits per heavy atom. The molecule has 0 aromatic carbocycles. The highest BCUT2D eigenvalue weighted by molar-refractivity contribution is 5.23. The molecule has 0 atom stereocenters. The SMILES string of the molecule is COCCCNCc1cn(C)nc1C(C)(C)C. The summed E-state index contributed by atoms with van der Waals surface area (Å²) in [4.78, 5) is 0. The zero-order valence-electron chi connectivity index (χ0n) is 11.7. The Morgan fingerprint density at radius 2 is 2.12 bits per heavy atom. The first-order valence-corrected chi connectivity index (χ1v) is 6.18. The van der Waals surface area contributed by atoms with Crippen LogP contribution in [0.1, 0.15) is 38.4 Å². The number of nitrogens with zero attached hydrogens (tertiary/aromatic N) is 2. The van der Waals surface area contributed by atoms with Crippen LogP contribution in [-0.2, 0) is 23.7 Å². The normalized spacial score (nSPS) is 12.1. The van der Waals surface area contributed by atoms with Gasteiger partial charge in [0.2, 0.25) is 0 Å². The highest BCUT2D eigenvalue weighted by Crippen LogP contribution is 2.23. The lowest BCUT2D eigenvalue weighted by Gasteiger charge is -2.17. The van der Waals surface area contributed by atoms with Crippen LogP contribution in [0.15, 0.2) is 6.20 Å². The summed E-state index contributed by atoms with van der Waals surface area (Å²) in [5.74, 6) is 0. The molecule has 0 radical (unpaired) electrons. The molecule has 0 bridgehead atoms. The molecule has 0 fully saturated rings. The van der Waals surface area contributed by atoms with E-state index in [1.807, 2.05) is 11.7 Å². The maximum Gasteiger partial charge on any atom is 0.0722 e. The van der Waals surface area contributed by atoms with Gasteiger partial charge in [0, 0.05) is 44.5 Å². The van der Waals surface area contributed by atoms with Gasteiger partial charge in [0.05, 0.1) is 5.69 Å². The molecule has 0 unspecified atom stereocenters. The average molecular weight is 239 g/mol. The van der Waals surface area contributed by atoms with Gasteiger partial charge in [-0.25, -0.2) is 0 Å². The average Bonchev–Trinajstić information content (AvgIpc) is 2.59. The molecule has 0 aliphatic rings. The van der Waals surface area contributed by atoms with Crippen molar-refractivity contribution in [2.24, 2.45) is 7.05 Å². The number of aryl methyl sites for hydroxylation is 1. The van der Waals surface area contributed by atoms with Crippen LogP contribution < -0.4 is 5.32 Å². The summed E-state index contributed by atoms with van der Waals surface area (Å²) < 4.78 is 6.92. The highest BCUT2D eigenvalue weighted by atomic mass is 16.5. The van der Waals surface area contributed by atoms with Gasteiger partial charge in [-0.3, -0.25) is 4.68 Å². The van der Waals surface area contributed by atoms with Crippen molar-refractivity contribution >= 4 is 0 Å². The zero-order valence-corrected chi connectivity index (χ0v) is 11.7. The van der Waals surface area contributed by atoms with Crippen LogP contribution in [0.3, 0.4) is 0 Å². The Labute approximate surface area is 104 Å². The minimum atomic E-state index is 0.102. The van der Waals surface area contributed by atoms with E-state index < -0.39 is 0 Å². The Hall–Kier alpha value is -0.870. The Bertz CT molecular complexity index is 339. The molecule has 0 amide bonds. The maximum atomic E-state index is 5.02. The quantitative estimate of drug-likeness (QED) is 0.770. The summed E-state index contributed by atoms with van der Waals surface area (Å²) in [7, 11) is 3.71. The third-order valence-electron chi connectivity index (χ3n) is 2.63. The van der Waals surface area contributed by atoms with Crippen LogP contribution in [0.2, 0.25) is 0 Å². The number of rotatable bonds is 6. The lowest BCUT2D eigenvalue weighted by Crippen LogP contribution is -2.20. The highest BCUT2D eigenvalue weighted by Gasteiger charge is 2.21. The van der Waals surface area contributed by atoms with Gasteiger partial charge in [-0.2, -0.15) is 5.10 Å². The van der Waals surface area contributed by atoms with Gasteiger partial charge in [0.1, 0.15) is 0 Å². The zero-order chi connectivity index (χ0) is 12.9. The van der Waals surface area contributed by atoms with Crippen molar-refractivity contribution in [2.75, 3.05) is 20.3 Å². The number of ether oxygens (including phenoxy) is 1. The Morgan fingerprint density at radius 3 is 2.71 bits per heavy atom. The summed E-state index contributed by atoms with van der Waals surface area (Å²) in [5.41, 5.74) is 2.57. The predicted octanol–water partition coefficient (Wildman–Crippen LogP) is 1.84. The fraction of sp³-hybridized carbons (Fsp3) is 0.769. The molecular weight excluding hydrogens is 214 g/mol. The van der Waals surface area contributed by atoms with E-state index in [0.717, 1.165) is 26.1 Å². The second-order valence-electron chi connectivity index (χ2n) is 5.45. The van der Waals surface area contributed by atoms with E-state index in [1.54, 1.807) is 7.11 Å². The van der Waals surface area contributed by atoms with E-state index in [2.05, 4.69) is 37.4 Å². The predicted molar refractivity (Wildman–Crippen MR) is 70.1 cm³/mol. The summed E-state index contributed by atoms with van der Waals surface area (Å²) >= 11 is 0. The van der Waals surface area contributed by atoms with E-state index in [9.17, 15) is 0 Å². The van der Waals surface area contributed by atoms with Crippen LogP contribution in [0.5, 0.6) is 0 Å². The van der Waals surface area contributed by atoms with Gasteiger partial charge in [0.15, 0.2) is 0 Å². The van der Waals surface area contributed by atoms with E-state index >= 15 is 0 Å². The van der Waals surface area contributed by atoms with E-state index in [-0.39, 0.29) is 5.41 Å². The molecule has 98 valence electrons. The first-order valence-electron chi connectivity index (χ1n) is 6.18. The number of nitrogens with one attached hydrogen (secondary N) is 1. The third-order valence-corrected chi connectivity index (χ3v) is 2.63. The van der Waals surface area contributed by atoms with Crippen molar-refractivity contribution in [3.63, 3.8) is 0 Å². The summed E-state index contributed by atoms with van der Waals surface area (Å²) in [6.45, 7) is 9.26. The van der Waals surface area contributed by atoms with E-state index in [0.29, 0.717) is 0 Å². The topological polar surface area (TPSA) is 39.1 Å². The maximum absolute atomic E-state index is 5.02. The lowest BCUT2D eigenvalue weighted by molar-refractivity contribution is 0.194. The monoisotopic (exact) mass is 239 g/mol. The molecule has 0 saturated heterocycles. The van der Waals surface area contributed by atoms with Crippen molar-refractivity contribution in [1.29, 1.82) is 0 Å². The van der Waals surface area contributed by atoms with Crippen molar-refractivity contribution < 1.29 is 4.74 Å². The minimum absolute atomic E-state index is 0.102. The molecule has 4 heteroatoms. The molecule has 0 saturated carbocycles. The number of hydrogen-bond acceptors (Lipinski definition) is 3. The fourth-order valence-electron chi connectivity index (χ4n) is 1.86. The van der Waals surface area contributed by atoms with Crippen LogP contribution >= 0.6 is 0 Å². The van der Waals surface area contributed by atoms with Gasteiger partial charge < -0.3 is 10.1 Å². The van der Waals surface area contributed by atoms with Crippen LogP contribution in [0.4, 0.5) is 0 Å². The lowest BCUT2D eigenvalue weighted by atomic mass is 9.89. The van der Waals surface area contributed by atoms with Crippen molar-refractivity contribution in [3.8, 4) is 0 Å². The van der Waals surface area contributed by atoms with Gasteiger partial charge in [0.25, 0.3) is 0 Å². The summed E-state index contributed by atoms with van der Waals surface area (Å²) in [6.07, 6.45) is 3.14. The minimum Gasteiger partial charge on any atom is -0.385 e. The number of methoxy groups -OCH3 is 1. The smallest absolute Gasteiger partial charge is 0.0722 e. The molecule has 0 spiro atoms. The molecule has 1 heterocycles. The first-order chi connectivity index (χ1) is 7.95. The molecule has 1 rings (SSSR count). The molecule has 1 N–H and O–H groups in total. The van der Waals surface area contributed by atoms with Crippen molar-refractivity contribution in [3.05, 3.63) is 17.5 Å². The van der Waals surface area contributed by atoms with Gasteiger partial charge in [-0.15, -0.1) is 0 Å². The van der Waals surface area contributed by atoms with E-state index in [1.165, 1.54) is 11.3 Å². The van der Waals surface area contributed by atoms with E-state index in [4.69, 9.17) is 4.74 Å². The van der Waals surface area contributed by atoms with Crippen LogP contribution in [-0.4, -0.2) is 30.0 Å². The molecule has 1 aromatic rings. The fourth-order valence-corrected chi connectivity index (χ4v) is 1.86. The van der Waals surface area contributed by atoms with Gasteiger partial charge >= 0.3 is 0 Å². The van der Waals surface area contributed by atoms with Gasteiger partial charge in [-0.05, 0) is 13.0 Å². The molecule has 17 heavy (non-hydrogen) atoms.